The Balaban J connectivity index is 1.66. The summed E-state index contributed by atoms with van der Waals surface area (Å²) in [5.74, 6) is 0.625. The maximum atomic E-state index is 12.9. The standard InChI is InChI=1S/C22H13BrCl2N2O2/c23-14-7-5-13(6-8-14)20-12-26-22(29-20)17-4-2-1-3-16(17)21(28)27-19-11-15(24)9-10-18(19)25/h1-12H,(H,27,28). The van der Waals surface area contributed by atoms with E-state index in [4.69, 9.17) is 27.6 Å². The average Bonchev–Trinajstić information content (AvgIpc) is 3.21. The molecule has 0 aliphatic heterocycles. The molecule has 7 heteroatoms. The highest BCUT2D eigenvalue weighted by Crippen LogP contribution is 2.30. The number of halogens is 3. The number of hydrogen-bond donors (Lipinski definition) is 1. The second-order valence-electron chi connectivity index (χ2n) is 6.16. The average molecular weight is 488 g/mol. The van der Waals surface area contributed by atoms with Gasteiger partial charge in [0, 0.05) is 20.6 Å². The minimum atomic E-state index is -0.340. The van der Waals surface area contributed by atoms with Crippen LogP contribution in [0.2, 0.25) is 10.0 Å². The van der Waals surface area contributed by atoms with Crippen molar-refractivity contribution in [3.63, 3.8) is 0 Å². The number of carbonyl (C=O) groups is 1. The number of rotatable bonds is 4. The largest absolute Gasteiger partial charge is 0.436 e. The predicted molar refractivity (Wildman–Crippen MR) is 119 cm³/mol. The van der Waals surface area contributed by atoms with Crippen LogP contribution < -0.4 is 5.32 Å². The Morgan fingerprint density at radius 2 is 1.76 bits per heavy atom. The van der Waals surface area contributed by atoms with Gasteiger partial charge in [0.2, 0.25) is 5.89 Å². The van der Waals surface area contributed by atoms with E-state index in [0.29, 0.717) is 38.5 Å². The third-order valence-electron chi connectivity index (χ3n) is 4.21. The van der Waals surface area contributed by atoms with Crippen LogP contribution in [-0.2, 0) is 0 Å². The van der Waals surface area contributed by atoms with Gasteiger partial charge < -0.3 is 9.73 Å². The fraction of sp³-hybridized carbons (Fsp3) is 0. The molecular weight excluding hydrogens is 475 g/mol. The Kier molecular flexibility index (Phi) is 5.72. The third kappa shape index (κ3) is 4.37. The van der Waals surface area contributed by atoms with Crippen molar-refractivity contribution in [1.82, 2.24) is 4.98 Å². The number of aromatic nitrogens is 1. The lowest BCUT2D eigenvalue weighted by molar-refractivity contribution is 0.102. The molecule has 4 aromatic rings. The first-order chi connectivity index (χ1) is 14.0. The van der Waals surface area contributed by atoms with Crippen LogP contribution in [0.25, 0.3) is 22.8 Å². The van der Waals surface area contributed by atoms with Crippen molar-refractivity contribution in [2.75, 3.05) is 5.32 Å². The zero-order chi connectivity index (χ0) is 20.4. The van der Waals surface area contributed by atoms with Crippen molar-refractivity contribution in [1.29, 1.82) is 0 Å². The molecule has 1 aromatic heterocycles. The maximum absolute atomic E-state index is 12.9. The van der Waals surface area contributed by atoms with Crippen LogP contribution >= 0.6 is 39.1 Å². The number of benzene rings is 3. The Bertz CT molecular complexity index is 1190. The molecule has 0 radical (unpaired) electrons. The van der Waals surface area contributed by atoms with E-state index in [0.717, 1.165) is 10.0 Å². The highest BCUT2D eigenvalue weighted by Gasteiger charge is 2.18. The number of anilines is 1. The van der Waals surface area contributed by atoms with Crippen LogP contribution in [0.15, 0.2) is 81.8 Å². The van der Waals surface area contributed by atoms with Crippen LogP contribution in [0.3, 0.4) is 0 Å². The van der Waals surface area contributed by atoms with Gasteiger partial charge in [-0.05, 0) is 42.5 Å². The van der Waals surface area contributed by atoms with Crippen LogP contribution in [0.5, 0.6) is 0 Å². The number of nitrogens with zero attached hydrogens (tertiary/aromatic N) is 1. The summed E-state index contributed by atoms with van der Waals surface area (Å²) in [5, 5.41) is 3.67. The zero-order valence-electron chi connectivity index (χ0n) is 14.8. The van der Waals surface area contributed by atoms with Crippen molar-refractivity contribution >= 4 is 50.7 Å². The maximum Gasteiger partial charge on any atom is 0.256 e. The fourth-order valence-electron chi connectivity index (χ4n) is 2.80. The summed E-state index contributed by atoms with van der Waals surface area (Å²) in [6.07, 6.45) is 1.64. The summed E-state index contributed by atoms with van der Waals surface area (Å²) in [5.41, 5.74) is 2.31. The Morgan fingerprint density at radius 3 is 2.55 bits per heavy atom. The van der Waals surface area contributed by atoms with Gasteiger partial charge in [0.05, 0.1) is 22.5 Å². The molecule has 0 atom stereocenters. The van der Waals surface area contributed by atoms with E-state index < -0.39 is 0 Å². The number of oxazole rings is 1. The Hall–Kier alpha value is -2.60. The first-order valence-corrected chi connectivity index (χ1v) is 10.1. The molecule has 4 nitrogen and oxygen atoms in total. The molecular formula is C22H13BrCl2N2O2. The molecule has 0 aliphatic carbocycles. The van der Waals surface area contributed by atoms with Crippen molar-refractivity contribution in [2.45, 2.75) is 0 Å². The molecule has 29 heavy (non-hydrogen) atoms. The lowest BCUT2D eigenvalue weighted by Crippen LogP contribution is -2.13. The molecule has 0 saturated carbocycles. The molecule has 0 saturated heterocycles. The van der Waals surface area contributed by atoms with Gasteiger partial charge in [-0.15, -0.1) is 0 Å². The quantitative estimate of drug-likeness (QED) is 0.327. The molecule has 0 bridgehead atoms. The highest BCUT2D eigenvalue weighted by molar-refractivity contribution is 9.10. The second kappa shape index (κ2) is 8.41. The van der Waals surface area contributed by atoms with Crippen molar-refractivity contribution in [3.05, 3.63) is 93.0 Å². The summed E-state index contributed by atoms with van der Waals surface area (Å²) in [4.78, 5) is 17.3. The first kappa shape index (κ1) is 19.7. The van der Waals surface area contributed by atoms with Crippen molar-refractivity contribution in [2.24, 2.45) is 0 Å². The van der Waals surface area contributed by atoms with Crippen LogP contribution in [0.4, 0.5) is 5.69 Å². The molecule has 4 rings (SSSR count). The summed E-state index contributed by atoms with van der Waals surface area (Å²) in [6.45, 7) is 0. The van der Waals surface area contributed by atoms with Gasteiger partial charge >= 0.3 is 0 Å². The number of nitrogens with one attached hydrogen (secondary N) is 1. The molecule has 0 spiro atoms. The van der Waals surface area contributed by atoms with E-state index in [-0.39, 0.29) is 5.91 Å². The third-order valence-corrected chi connectivity index (χ3v) is 5.31. The van der Waals surface area contributed by atoms with Gasteiger partial charge in [-0.3, -0.25) is 4.79 Å². The van der Waals surface area contributed by atoms with Gasteiger partial charge in [-0.1, -0.05) is 63.4 Å². The second-order valence-corrected chi connectivity index (χ2v) is 7.92. The zero-order valence-corrected chi connectivity index (χ0v) is 17.9. The fourth-order valence-corrected chi connectivity index (χ4v) is 3.40. The number of carbonyl (C=O) groups excluding carboxylic acids is 1. The van der Waals surface area contributed by atoms with E-state index in [1.807, 2.05) is 30.3 Å². The molecule has 0 fully saturated rings. The molecule has 144 valence electrons. The summed E-state index contributed by atoms with van der Waals surface area (Å²) >= 11 is 15.6. The SMILES string of the molecule is O=C(Nc1cc(Cl)ccc1Cl)c1ccccc1-c1ncc(-c2ccc(Br)cc2)o1. The Labute approximate surface area is 185 Å². The van der Waals surface area contributed by atoms with Crippen LogP contribution in [0, 0.1) is 0 Å². The van der Waals surface area contributed by atoms with Crippen molar-refractivity contribution in [3.8, 4) is 22.8 Å². The normalized spacial score (nSPS) is 10.7. The highest BCUT2D eigenvalue weighted by atomic mass is 79.9. The van der Waals surface area contributed by atoms with Crippen LogP contribution in [-0.4, -0.2) is 10.9 Å². The molecule has 3 aromatic carbocycles. The monoisotopic (exact) mass is 486 g/mol. The molecule has 1 heterocycles. The summed E-state index contributed by atoms with van der Waals surface area (Å²) in [7, 11) is 0. The van der Waals surface area contributed by atoms with E-state index in [9.17, 15) is 4.79 Å². The van der Waals surface area contributed by atoms with E-state index in [2.05, 4.69) is 26.2 Å². The predicted octanol–water partition coefficient (Wildman–Crippen LogP) is 7.33. The lowest BCUT2D eigenvalue weighted by atomic mass is 10.1. The van der Waals surface area contributed by atoms with Gasteiger partial charge in [0.15, 0.2) is 5.76 Å². The Morgan fingerprint density at radius 1 is 1.00 bits per heavy atom. The smallest absolute Gasteiger partial charge is 0.256 e. The minimum Gasteiger partial charge on any atom is -0.436 e. The topological polar surface area (TPSA) is 55.1 Å². The lowest BCUT2D eigenvalue weighted by Gasteiger charge is -2.10. The van der Waals surface area contributed by atoms with Gasteiger partial charge in [-0.2, -0.15) is 0 Å². The van der Waals surface area contributed by atoms with Crippen LogP contribution in [0.1, 0.15) is 10.4 Å². The van der Waals surface area contributed by atoms with E-state index >= 15 is 0 Å². The number of amides is 1. The van der Waals surface area contributed by atoms with Gasteiger partial charge in [-0.25, -0.2) is 4.98 Å². The van der Waals surface area contributed by atoms with E-state index in [1.54, 1.807) is 42.6 Å². The summed E-state index contributed by atoms with van der Waals surface area (Å²) < 4.78 is 6.90. The van der Waals surface area contributed by atoms with Crippen molar-refractivity contribution < 1.29 is 9.21 Å². The molecule has 0 unspecified atom stereocenters. The van der Waals surface area contributed by atoms with E-state index in [1.165, 1.54) is 0 Å². The molecule has 1 N–H and O–H groups in total. The number of hydrogen-bond acceptors (Lipinski definition) is 3. The first-order valence-electron chi connectivity index (χ1n) is 8.59. The molecule has 0 aliphatic rings. The van der Waals surface area contributed by atoms with Gasteiger partial charge in [0.25, 0.3) is 5.91 Å². The van der Waals surface area contributed by atoms with Gasteiger partial charge in [0.1, 0.15) is 0 Å². The molecule has 1 amide bonds. The summed E-state index contributed by atoms with van der Waals surface area (Å²) in [6, 6.07) is 19.7. The minimum absolute atomic E-state index is 0.340.